The van der Waals surface area contributed by atoms with Crippen LogP contribution in [0.4, 0.5) is 0 Å². The van der Waals surface area contributed by atoms with Gasteiger partial charge in [0.25, 0.3) is 11.8 Å². The Morgan fingerprint density at radius 2 is 1.92 bits per heavy atom. The number of fused-ring (bicyclic) bond motifs is 1. The van der Waals surface area contributed by atoms with Crippen molar-refractivity contribution >= 4 is 46.2 Å². The van der Waals surface area contributed by atoms with Crippen LogP contribution in [0.1, 0.15) is 23.2 Å². The molecule has 3 aliphatic heterocycles. The number of benzene rings is 1. The van der Waals surface area contributed by atoms with Crippen LogP contribution in [-0.2, 0) is 4.79 Å². The molecule has 38 heavy (non-hydrogen) atoms. The van der Waals surface area contributed by atoms with Crippen molar-refractivity contribution in [2.24, 2.45) is 48.2 Å². The largest absolute Gasteiger partial charge is 0.464 e. The third-order valence-corrected chi connectivity index (χ3v) is 6.83. The lowest BCUT2D eigenvalue weighted by atomic mass is 9.88. The monoisotopic (exact) mass is 541 g/mol. The van der Waals surface area contributed by atoms with Crippen molar-refractivity contribution < 1.29 is 14.0 Å². The number of amidine groups is 1. The second-order valence-electron chi connectivity index (χ2n) is 8.89. The van der Waals surface area contributed by atoms with E-state index in [1.165, 1.54) is 5.01 Å². The van der Waals surface area contributed by atoms with Crippen molar-refractivity contribution in [2.45, 2.75) is 24.4 Å². The summed E-state index contributed by atoms with van der Waals surface area (Å²) in [6.07, 6.45) is 2.80. The van der Waals surface area contributed by atoms with Gasteiger partial charge in [-0.05, 0) is 37.1 Å². The predicted molar refractivity (Wildman–Crippen MR) is 136 cm³/mol. The van der Waals surface area contributed by atoms with Gasteiger partial charge in [0.1, 0.15) is 5.58 Å². The maximum atomic E-state index is 13.1. The number of nitrogens with one attached hydrogen (secondary N) is 2. The second-order valence-corrected chi connectivity index (χ2v) is 9.27. The number of furan rings is 1. The maximum absolute atomic E-state index is 13.1. The molecule has 0 saturated carbocycles. The summed E-state index contributed by atoms with van der Waals surface area (Å²) in [5.41, 5.74) is 0.865. The normalized spacial score (nSPS) is 22.5. The summed E-state index contributed by atoms with van der Waals surface area (Å²) in [6, 6.07) is 5.99. The topological polar surface area (TPSA) is 230 Å². The minimum absolute atomic E-state index is 0.0580. The zero-order chi connectivity index (χ0) is 26.9. The van der Waals surface area contributed by atoms with Gasteiger partial charge in [-0.25, -0.2) is 10.8 Å². The first-order chi connectivity index (χ1) is 18.3. The molecule has 17 heteroatoms. The Morgan fingerprint density at radius 1 is 1.16 bits per heavy atom. The maximum Gasteiger partial charge on any atom is 0.279 e. The second kappa shape index (κ2) is 10.1. The smallest absolute Gasteiger partial charge is 0.279 e. The van der Waals surface area contributed by atoms with Crippen LogP contribution in [0.2, 0.25) is 0 Å². The summed E-state index contributed by atoms with van der Waals surface area (Å²) in [6.45, 7) is 1.40. The number of carbonyl (C=O) groups is 2. The van der Waals surface area contributed by atoms with Crippen LogP contribution in [0.25, 0.3) is 11.0 Å². The van der Waals surface area contributed by atoms with Crippen LogP contribution in [-0.4, -0.2) is 64.7 Å². The molecule has 3 aliphatic rings. The Labute approximate surface area is 220 Å². The molecule has 1 atom stereocenters. The van der Waals surface area contributed by atoms with Crippen LogP contribution in [0, 0.1) is 0 Å². The van der Waals surface area contributed by atoms with E-state index in [0.29, 0.717) is 38.0 Å². The quantitative estimate of drug-likeness (QED) is 0.157. The van der Waals surface area contributed by atoms with Gasteiger partial charge in [-0.15, -0.1) is 10.2 Å². The fourth-order valence-corrected chi connectivity index (χ4v) is 4.81. The van der Waals surface area contributed by atoms with Crippen molar-refractivity contribution in [1.82, 2.24) is 20.5 Å². The zero-order valence-corrected chi connectivity index (χ0v) is 20.7. The summed E-state index contributed by atoms with van der Waals surface area (Å²) < 4.78 is 5.35. The van der Waals surface area contributed by atoms with E-state index in [9.17, 15) is 9.59 Å². The molecule has 2 amide bonds. The molecule has 5 rings (SSSR count). The van der Waals surface area contributed by atoms with Gasteiger partial charge >= 0.3 is 0 Å². The third kappa shape index (κ3) is 4.73. The van der Waals surface area contributed by atoms with Crippen molar-refractivity contribution in [3.05, 3.63) is 47.1 Å². The van der Waals surface area contributed by atoms with Crippen molar-refractivity contribution in [3.8, 4) is 0 Å². The molecule has 16 nitrogen and oxygen atoms in total. The predicted octanol–water partition coefficient (Wildman–Crippen LogP) is 0.457. The van der Waals surface area contributed by atoms with Gasteiger partial charge in [0, 0.05) is 24.0 Å². The van der Waals surface area contributed by atoms with Gasteiger partial charge in [-0.2, -0.15) is 4.99 Å². The fourth-order valence-electron chi connectivity index (χ4n) is 4.62. The molecular weight excluding hydrogens is 518 g/mol. The summed E-state index contributed by atoms with van der Waals surface area (Å²) in [5, 5.41) is 21.6. The van der Waals surface area contributed by atoms with E-state index in [4.69, 9.17) is 33.5 Å². The standard InChI is InChI=1S/C21H24ClN13O3/c22-15-17(31-33-24)27-16(30-32-23)14(26-15)18(36)28-20-29-21(10-35(20)25)4-6-34(7-5-21)19(37)12-1-2-13-11(9-12)3-8-38-13/h1-3,8-9,14,26H,4-7,10,25H2,(H2,24,31)(H2,23,27,30)(H,28,29,36). The van der Waals surface area contributed by atoms with E-state index in [1.54, 1.807) is 23.3 Å². The van der Waals surface area contributed by atoms with Gasteiger partial charge in [-0.3, -0.25) is 14.6 Å². The van der Waals surface area contributed by atoms with Gasteiger partial charge in [0.05, 0.1) is 18.3 Å². The SMILES string of the molecule is NN=NC1=NC(N=NN)=C(Cl)NC1C(=O)/N=C1/NC2(CCN(C(=O)c3ccc4occc4c3)CC2)CN1N. The van der Waals surface area contributed by atoms with Gasteiger partial charge < -0.3 is 31.6 Å². The lowest BCUT2D eigenvalue weighted by Gasteiger charge is -2.38. The lowest BCUT2D eigenvalue weighted by Crippen LogP contribution is -2.54. The number of nitrogens with two attached hydrogens (primary N) is 3. The molecule has 2 saturated heterocycles. The number of likely N-dealkylation sites (tertiary alicyclic amines) is 1. The Bertz CT molecular complexity index is 1420. The first-order valence-electron chi connectivity index (χ1n) is 11.5. The molecule has 4 heterocycles. The van der Waals surface area contributed by atoms with E-state index in [1.807, 2.05) is 12.1 Å². The highest BCUT2D eigenvalue weighted by Gasteiger charge is 2.44. The molecule has 0 bridgehead atoms. The fraction of sp³-hybridized carbons (Fsp3) is 0.333. The lowest BCUT2D eigenvalue weighted by molar-refractivity contribution is -0.118. The third-order valence-electron chi connectivity index (χ3n) is 6.55. The molecular formula is C21H24ClN13O3. The van der Waals surface area contributed by atoms with E-state index < -0.39 is 17.5 Å². The molecule has 0 aliphatic carbocycles. The number of amides is 2. The van der Waals surface area contributed by atoms with Gasteiger partial charge in [-0.1, -0.05) is 22.0 Å². The molecule has 2 fully saturated rings. The van der Waals surface area contributed by atoms with Crippen LogP contribution in [0.3, 0.4) is 0 Å². The van der Waals surface area contributed by atoms with Gasteiger partial charge in [0.15, 0.2) is 17.0 Å². The highest BCUT2D eigenvalue weighted by Crippen LogP contribution is 2.28. The molecule has 1 aromatic carbocycles. The van der Waals surface area contributed by atoms with E-state index in [0.717, 1.165) is 11.0 Å². The van der Waals surface area contributed by atoms with Crippen LogP contribution in [0.15, 0.2) is 76.6 Å². The molecule has 8 N–H and O–H groups in total. The first kappa shape index (κ1) is 25.1. The first-order valence-corrected chi connectivity index (χ1v) is 11.9. The van der Waals surface area contributed by atoms with Crippen LogP contribution < -0.4 is 28.2 Å². The number of piperidine rings is 1. The van der Waals surface area contributed by atoms with Crippen molar-refractivity contribution in [3.63, 3.8) is 0 Å². The molecule has 1 spiro atoms. The number of aliphatic imine (C=N–C) groups is 2. The molecule has 2 aromatic rings. The Balaban J connectivity index is 1.26. The minimum Gasteiger partial charge on any atom is -0.464 e. The number of rotatable bonds is 3. The van der Waals surface area contributed by atoms with Gasteiger partial charge in [0.2, 0.25) is 11.8 Å². The highest BCUT2D eigenvalue weighted by atomic mass is 35.5. The highest BCUT2D eigenvalue weighted by molar-refractivity contribution is 6.30. The number of hydrazine groups is 1. The molecule has 0 radical (unpaired) electrons. The Morgan fingerprint density at radius 3 is 2.66 bits per heavy atom. The number of hydrogen-bond donors (Lipinski definition) is 5. The van der Waals surface area contributed by atoms with Crippen molar-refractivity contribution in [1.29, 1.82) is 0 Å². The number of nitrogens with zero attached hydrogens (tertiary/aromatic N) is 8. The molecule has 1 aromatic heterocycles. The van der Waals surface area contributed by atoms with E-state index >= 15 is 0 Å². The molecule has 1 unspecified atom stereocenters. The Hall–Kier alpha value is -4.57. The van der Waals surface area contributed by atoms with E-state index in [2.05, 4.69) is 41.3 Å². The minimum atomic E-state index is -1.20. The summed E-state index contributed by atoms with van der Waals surface area (Å²) >= 11 is 6.09. The summed E-state index contributed by atoms with van der Waals surface area (Å²) in [4.78, 5) is 36.0. The van der Waals surface area contributed by atoms with E-state index in [-0.39, 0.29) is 28.7 Å². The van der Waals surface area contributed by atoms with Crippen LogP contribution >= 0.6 is 11.6 Å². The number of halogens is 1. The number of guanidine groups is 1. The Kier molecular flexibility index (Phi) is 6.64. The number of carbonyl (C=O) groups excluding carboxylic acids is 2. The van der Waals surface area contributed by atoms with Crippen molar-refractivity contribution in [2.75, 3.05) is 19.6 Å². The average molecular weight is 542 g/mol. The van der Waals surface area contributed by atoms with Crippen LogP contribution in [0.5, 0.6) is 0 Å². The average Bonchev–Trinajstić information content (AvgIpc) is 3.49. The number of hydrogen-bond acceptors (Lipinski definition) is 10. The summed E-state index contributed by atoms with van der Waals surface area (Å²) in [5.74, 6) is 15.5. The molecule has 198 valence electrons. The summed E-state index contributed by atoms with van der Waals surface area (Å²) in [7, 11) is 0. The zero-order valence-electron chi connectivity index (χ0n) is 19.9.